The summed E-state index contributed by atoms with van der Waals surface area (Å²) in [6.45, 7) is 1.13. The van der Waals surface area contributed by atoms with Crippen molar-refractivity contribution < 1.29 is 18.3 Å². The fourth-order valence-corrected chi connectivity index (χ4v) is 3.06. The molecule has 0 bridgehead atoms. The number of hydrogen-bond donors (Lipinski definition) is 2. The molecule has 0 saturated carbocycles. The van der Waals surface area contributed by atoms with E-state index in [4.69, 9.17) is 0 Å². The summed E-state index contributed by atoms with van der Waals surface area (Å²) < 4.78 is 39.7. The van der Waals surface area contributed by atoms with E-state index in [2.05, 4.69) is 25.4 Å². The van der Waals surface area contributed by atoms with Gasteiger partial charge in [0.1, 0.15) is 23.8 Å². The second-order valence-electron chi connectivity index (χ2n) is 6.56. The Labute approximate surface area is 164 Å². The summed E-state index contributed by atoms with van der Waals surface area (Å²) in [5.74, 6) is 0.165. The first-order chi connectivity index (χ1) is 13.9. The van der Waals surface area contributed by atoms with Gasteiger partial charge in [0.15, 0.2) is 0 Å². The van der Waals surface area contributed by atoms with Gasteiger partial charge in [0.05, 0.1) is 19.2 Å². The molecule has 4 rings (SSSR count). The molecule has 29 heavy (non-hydrogen) atoms. The summed E-state index contributed by atoms with van der Waals surface area (Å²) in [6, 6.07) is 10.9. The van der Waals surface area contributed by atoms with Crippen molar-refractivity contribution in [3.8, 4) is 0 Å². The second-order valence-corrected chi connectivity index (χ2v) is 6.56. The molecule has 1 atom stereocenters. The molecular formula is C18H18F3N7O. The highest BCUT2D eigenvalue weighted by Crippen LogP contribution is 2.28. The van der Waals surface area contributed by atoms with Crippen molar-refractivity contribution in [1.29, 1.82) is 0 Å². The van der Waals surface area contributed by atoms with E-state index in [1.54, 1.807) is 6.07 Å². The number of halogens is 3. The molecule has 2 N–H and O–H groups in total. The Balaban J connectivity index is 1.43. The minimum absolute atomic E-state index is 0.159. The van der Waals surface area contributed by atoms with Crippen LogP contribution in [0.1, 0.15) is 23.3 Å². The van der Waals surface area contributed by atoms with E-state index in [9.17, 15) is 18.3 Å². The van der Waals surface area contributed by atoms with E-state index in [1.807, 2.05) is 35.2 Å². The lowest BCUT2D eigenvalue weighted by atomic mass is 10.1. The first-order valence-corrected chi connectivity index (χ1v) is 8.95. The predicted molar refractivity (Wildman–Crippen MR) is 98.0 cm³/mol. The van der Waals surface area contributed by atoms with Crippen LogP contribution in [0.5, 0.6) is 0 Å². The van der Waals surface area contributed by atoms with E-state index >= 15 is 0 Å². The van der Waals surface area contributed by atoms with E-state index in [-0.39, 0.29) is 25.5 Å². The largest absolute Gasteiger partial charge is 0.453 e. The summed E-state index contributed by atoms with van der Waals surface area (Å²) >= 11 is 0. The molecule has 1 aliphatic rings. The molecule has 0 saturated heterocycles. The van der Waals surface area contributed by atoms with Crippen LogP contribution in [0.15, 0.2) is 42.7 Å². The van der Waals surface area contributed by atoms with Gasteiger partial charge in [-0.25, -0.2) is 19.6 Å². The molecule has 0 amide bonds. The fourth-order valence-electron chi connectivity index (χ4n) is 3.06. The Morgan fingerprint density at radius 3 is 2.69 bits per heavy atom. The average Bonchev–Trinajstić information content (AvgIpc) is 3.17. The number of rotatable bonds is 5. The standard InChI is InChI=1S/C18H18F3N7O/c19-18(20,21)17-25-16-10-27(6-7-28(16)26-17)15-8-14(23-11-24-15)22-9-13(29)12-4-2-1-3-5-12/h1-5,8,11,13,29H,6-7,9-10H2,(H,22,23,24). The number of aromatic nitrogens is 5. The molecular weight excluding hydrogens is 387 g/mol. The molecule has 152 valence electrons. The summed E-state index contributed by atoms with van der Waals surface area (Å²) in [4.78, 5) is 13.8. The average molecular weight is 405 g/mol. The molecule has 11 heteroatoms. The zero-order valence-corrected chi connectivity index (χ0v) is 15.2. The second kappa shape index (κ2) is 7.66. The zero-order chi connectivity index (χ0) is 20.4. The molecule has 0 fully saturated rings. The number of anilines is 2. The number of hydrogen-bond acceptors (Lipinski definition) is 7. The third-order valence-electron chi connectivity index (χ3n) is 4.55. The smallest absolute Gasteiger partial charge is 0.387 e. The number of alkyl halides is 3. The molecule has 3 aromatic rings. The predicted octanol–water partition coefficient (Wildman–Crippen LogP) is 2.25. The van der Waals surface area contributed by atoms with Crippen LogP contribution in [-0.2, 0) is 19.3 Å². The van der Waals surface area contributed by atoms with E-state index in [1.165, 1.54) is 11.0 Å². The van der Waals surface area contributed by atoms with Gasteiger partial charge in [0.2, 0.25) is 0 Å². The number of aliphatic hydroxyl groups excluding tert-OH is 1. The van der Waals surface area contributed by atoms with Crippen molar-refractivity contribution in [2.75, 3.05) is 23.3 Å². The lowest BCUT2D eigenvalue weighted by molar-refractivity contribution is -0.145. The number of nitrogens with one attached hydrogen (secondary N) is 1. The van der Waals surface area contributed by atoms with Gasteiger partial charge in [-0.2, -0.15) is 13.2 Å². The van der Waals surface area contributed by atoms with E-state index in [0.29, 0.717) is 18.2 Å². The Morgan fingerprint density at radius 1 is 1.14 bits per heavy atom. The van der Waals surface area contributed by atoms with Crippen molar-refractivity contribution in [2.24, 2.45) is 0 Å². The van der Waals surface area contributed by atoms with Crippen molar-refractivity contribution in [2.45, 2.75) is 25.4 Å². The molecule has 1 aliphatic heterocycles. The van der Waals surface area contributed by atoms with Crippen molar-refractivity contribution in [1.82, 2.24) is 24.7 Å². The van der Waals surface area contributed by atoms with Crippen molar-refractivity contribution in [3.63, 3.8) is 0 Å². The lowest BCUT2D eigenvalue weighted by Crippen LogP contribution is -2.34. The summed E-state index contributed by atoms with van der Waals surface area (Å²) in [5, 5.41) is 16.8. The molecule has 2 aromatic heterocycles. The maximum atomic E-state index is 12.8. The number of aliphatic hydroxyl groups is 1. The molecule has 0 aliphatic carbocycles. The van der Waals surface area contributed by atoms with Gasteiger partial charge in [-0.3, -0.25) is 0 Å². The highest BCUT2D eigenvalue weighted by Gasteiger charge is 2.38. The van der Waals surface area contributed by atoms with Crippen LogP contribution < -0.4 is 10.2 Å². The van der Waals surface area contributed by atoms with E-state index in [0.717, 1.165) is 5.56 Å². The molecule has 1 unspecified atom stereocenters. The van der Waals surface area contributed by atoms with Gasteiger partial charge in [-0.1, -0.05) is 30.3 Å². The Hall–Kier alpha value is -3.21. The van der Waals surface area contributed by atoms with Gasteiger partial charge in [0.25, 0.3) is 5.82 Å². The monoisotopic (exact) mass is 405 g/mol. The minimum Gasteiger partial charge on any atom is -0.387 e. The number of nitrogens with zero attached hydrogens (tertiary/aromatic N) is 6. The highest BCUT2D eigenvalue weighted by molar-refractivity contribution is 5.49. The third kappa shape index (κ3) is 4.29. The Bertz CT molecular complexity index is 977. The van der Waals surface area contributed by atoms with Crippen LogP contribution in [0.2, 0.25) is 0 Å². The van der Waals surface area contributed by atoms with Crippen LogP contribution in [0, 0.1) is 0 Å². The molecule has 0 spiro atoms. The van der Waals surface area contributed by atoms with Crippen LogP contribution >= 0.6 is 0 Å². The number of benzene rings is 1. The van der Waals surface area contributed by atoms with Crippen LogP contribution in [-0.4, -0.2) is 42.9 Å². The quantitative estimate of drug-likeness (QED) is 0.673. The van der Waals surface area contributed by atoms with Gasteiger partial charge < -0.3 is 15.3 Å². The SMILES string of the molecule is OC(CNc1cc(N2CCn3nc(C(F)(F)F)nc3C2)ncn1)c1ccccc1. The van der Waals surface area contributed by atoms with Crippen LogP contribution in [0.4, 0.5) is 24.8 Å². The minimum atomic E-state index is -4.57. The lowest BCUT2D eigenvalue weighted by Gasteiger charge is -2.27. The van der Waals surface area contributed by atoms with Gasteiger partial charge in [0, 0.05) is 19.2 Å². The first kappa shape index (κ1) is 19.1. The van der Waals surface area contributed by atoms with Crippen molar-refractivity contribution >= 4 is 11.6 Å². The fraction of sp³-hybridized carbons (Fsp3) is 0.333. The van der Waals surface area contributed by atoms with Crippen LogP contribution in [0.3, 0.4) is 0 Å². The van der Waals surface area contributed by atoms with Crippen LogP contribution in [0.25, 0.3) is 0 Å². The summed E-state index contributed by atoms with van der Waals surface area (Å²) in [7, 11) is 0. The molecule has 0 radical (unpaired) electrons. The third-order valence-corrected chi connectivity index (χ3v) is 4.55. The normalized spacial score (nSPS) is 15.1. The zero-order valence-electron chi connectivity index (χ0n) is 15.2. The maximum absolute atomic E-state index is 12.8. The molecule has 8 nitrogen and oxygen atoms in total. The first-order valence-electron chi connectivity index (χ1n) is 8.95. The van der Waals surface area contributed by atoms with Crippen molar-refractivity contribution in [3.05, 3.63) is 59.9 Å². The number of fused-ring (bicyclic) bond motifs is 1. The molecule has 1 aromatic carbocycles. The summed E-state index contributed by atoms with van der Waals surface area (Å²) in [5.41, 5.74) is 0.783. The van der Waals surface area contributed by atoms with Gasteiger partial charge >= 0.3 is 6.18 Å². The highest BCUT2D eigenvalue weighted by atomic mass is 19.4. The maximum Gasteiger partial charge on any atom is 0.453 e. The Morgan fingerprint density at radius 2 is 1.93 bits per heavy atom. The van der Waals surface area contributed by atoms with E-state index < -0.39 is 18.1 Å². The molecule has 3 heterocycles. The van der Waals surface area contributed by atoms with Gasteiger partial charge in [-0.15, -0.1) is 5.10 Å². The summed E-state index contributed by atoms with van der Waals surface area (Å²) in [6.07, 6.45) is -3.91. The Kier molecular flexibility index (Phi) is 5.05. The topological polar surface area (TPSA) is 92.0 Å². The van der Waals surface area contributed by atoms with Gasteiger partial charge in [-0.05, 0) is 5.56 Å².